The average Bonchev–Trinajstić information content (AvgIpc) is 2.39. The lowest BCUT2D eigenvalue weighted by Gasteiger charge is -2.28. The summed E-state index contributed by atoms with van der Waals surface area (Å²) in [4.78, 5) is 23.2. The van der Waals surface area contributed by atoms with Crippen LogP contribution in [-0.2, 0) is 16.1 Å². The number of carboxylic acid groups (broad SMARTS) is 1. The third kappa shape index (κ3) is 4.43. The topological polar surface area (TPSA) is 66.4 Å². The zero-order valence-corrected chi connectivity index (χ0v) is 13.0. The van der Waals surface area contributed by atoms with Gasteiger partial charge >= 0.3 is 5.97 Å². The fourth-order valence-electron chi connectivity index (χ4n) is 1.77. The Kier molecular flexibility index (Phi) is 5.72. The molecule has 0 bridgehead atoms. The number of amides is 1. The Labute approximate surface area is 128 Å². The van der Waals surface area contributed by atoms with Gasteiger partial charge < -0.3 is 10.4 Å². The molecule has 0 spiro atoms. The molecule has 0 saturated carbocycles. The molecule has 21 heavy (non-hydrogen) atoms. The minimum absolute atomic E-state index is 0.0145. The van der Waals surface area contributed by atoms with Gasteiger partial charge in [0.25, 0.3) is 0 Å². The van der Waals surface area contributed by atoms with Crippen molar-refractivity contribution in [3.8, 4) is 0 Å². The maximum Gasteiger partial charge on any atom is 0.310 e. The molecule has 0 heterocycles. The monoisotopic (exact) mass is 315 g/mol. The molecule has 0 fully saturated rings. The molecular weight excluding hydrogens is 297 g/mol. The summed E-state index contributed by atoms with van der Waals surface area (Å²) < 4.78 is 13.0. The van der Waals surface area contributed by atoms with Gasteiger partial charge in [-0.2, -0.15) is 0 Å². The lowest BCUT2D eigenvalue weighted by atomic mass is 9.76. The largest absolute Gasteiger partial charge is 0.481 e. The molecule has 0 aliphatic rings. The summed E-state index contributed by atoms with van der Waals surface area (Å²) in [5.74, 6) is -2.07. The molecular formula is C15H19ClFNO3. The van der Waals surface area contributed by atoms with Gasteiger partial charge in [-0.1, -0.05) is 31.5 Å². The maximum atomic E-state index is 13.0. The SMILES string of the molecule is CC(C)C(C)(CC(=O)NCc1ccc(F)c(Cl)c1)C(=O)O. The molecule has 6 heteroatoms. The molecule has 1 atom stereocenters. The minimum Gasteiger partial charge on any atom is -0.481 e. The number of benzene rings is 1. The number of halogens is 2. The van der Waals surface area contributed by atoms with Crippen LogP contribution in [0.4, 0.5) is 4.39 Å². The molecule has 0 radical (unpaired) electrons. The van der Waals surface area contributed by atoms with E-state index in [0.29, 0.717) is 5.56 Å². The van der Waals surface area contributed by atoms with E-state index >= 15 is 0 Å². The Morgan fingerprint density at radius 2 is 2.05 bits per heavy atom. The first-order valence-electron chi connectivity index (χ1n) is 6.61. The van der Waals surface area contributed by atoms with Gasteiger partial charge in [0.05, 0.1) is 10.4 Å². The van der Waals surface area contributed by atoms with E-state index < -0.39 is 17.2 Å². The highest BCUT2D eigenvalue weighted by atomic mass is 35.5. The Hall–Kier alpha value is -1.62. The minimum atomic E-state index is -1.12. The Bertz CT molecular complexity index is 548. The van der Waals surface area contributed by atoms with Gasteiger partial charge in [0.1, 0.15) is 5.82 Å². The number of rotatable bonds is 6. The third-order valence-electron chi connectivity index (χ3n) is 3.76. The molecule has 116 valence electrons. The summed E-state index contributed by atoms with van der Waals surface area (Å²) in [5, 5.41) is 11.9. The van der Waals surface area contributed by atoms with Gasteiger partial charge in [-0.3, -0.25) is 9.59 Å². The van der Waals surface area contributed by atoms with E-state index in [0.717, 1.165) is 0 Å². The first-order chi connectivity index (χ1) is 9.66. The molecule has 0 saturated heterocycles. The quantitative estimate of drug-likeness (QED) is 0.847. The van der Waals surface area contributed by atoms with Crippen molar-refractivity contribution in [1.82, 2.24) is 5.32 Å². The predicted octanol–water partition coefficient (Wildman–Crippen LogP) is 3.23. The molecule has 2 N–H and O–H groups in total. The van der Waals surface area contributed by atoms with Crippen molar-refractivity contribution in [2.75, 3.05) is 0 Å². The van der Waals surface area contributed by atoms with Crippen LogP contribution in [0.2, 0.25) is 5.02 Å². The second-order valence-corrected chi connectivity index (χ2v) is 5.99. The second kappa shape index (κ2) is 6.89. The van der Waals surface area contributed by atoms with Crippen LogP contribution in [0.25, 0.3) is 0 Å². The average molecular weight is 316 g/mol. The first-order valence-corrected chi connectivity index (χ1v) is 6.98. The van der Waals surface area contributed by atoms with Gasteiger partial charge in [0, 0.05) is 13.0 Å². The normalized spacial score (nSPS) is 13.8. The van der Waals surface area contributed by atoms with Crippen molar-refractivity contribution in [3.05, 3.63) is 34.6 Å². The van der Waals surface area contributed by atoms with Crippen LogP contribution in [0.1, 0.15) is 32.8 Å². The Morgan fingerprint density at radius 3 is 2.52 bits per heavy atom. The third-order valence-corrected chi connectivity index (χ3v) is 4.05. The molecule has 1 unspecified atom stereocenters. The van der Waals surface area contributed by atoms with Crippen LogP contribution in [-0.4, -0.2) is 17.0 Å². The van der Waals surface area contributed by atoms with Crippen LogP contribution >= 0.6 is 11.6 Å². The van der Waals surface area contributed by atoms with Crippen molar-refractivity contribution < 1.29 is 19.1 Å². The lowest BCUT2D eigenvalue weighted by Crippen LogP contribution is -2.39. The molecule has 1 aromatic carbocycles. The summed E-state index contributed by atoms with van der Waals surface area (Å²) in [7, 11) is 0. The van der Waals surface area contributed by atoms with Crippen LogP contribution in [0.5, 0.6) is 0 Å². The van der Waals surface area contributed by atoms with E-state index in [1.165, 1.54) is 18.2 Å². The number of nitrogens with one attached hydrogen (secondary N) is 1. The van der Waals surface area contributed by atoms with E-state index in [9.17, 15) is 19.1 Å². The van der Waals surface area contributed by atoms with Crippen molar-refractivity contribution in [2.24, 2.45) is 11.3 Å². The summed E-state index contributed by atoms with van der Waals surface area (Å²) in [5.41, 5.74) is -0.471. The Morgan fingerprint density at radius 1 is 1.43 bits per heavy atom. The Balaban J connectivity index is 2.65. The highest BCUT2D eigenvalue weighted by molar-refractivity contribution is 6.30. The van der Waals surface area contributed by atoms with Crippen LogP contribution in [0.15, 0.2) is 18.2 Å². The predicted molar refractivity (Wildman–Crippen MR) is 78.5 cm³/mol. The van der Waals surface area contributed by atoms with Crippen LogP contribution in [0.3, 0.4) is 0 Å². The van der Waals surface area contributed by atoms with E-state index in [2.05, 4.69) is 5.32 Å². The van der Waals surface area contributed by atoms with E-state index in [4.69, 9.17) is 11.6 Å². The molecule has 1 rings (SSSR count). The number of carbonyl (C=O) groups excluding carboxylic acids is 1. The standard InChI is InChI=1S/C15H19ClFNO3/c1-9(2)15(3,14(20)21)7-13(19)18-8-10-4-5-12(17)11(16)6-10/h4-6,9H,7-8H2,1-3H3,(H,18,19)(H,20,21). The molecule has 0 aliphatic carbocycles. The highest BCUT2D eigenvalue weighted by Gasteiger charge is 2.38. The van der Waals surface area contributed by atoms with E-state index in [1.807, 2.05) is 0 Å². The van der Waals surface area contributed by atoms with Crippen molar-refractivity contribution in [1.29, 1.82) is 0 Å². The lowest BCUT2D eigenvalue weighted by molar-refractivity contribution is -0.153. The van der Waals surface area contributed by atoms with Crippen LogP contribution < -0.4 is 5.32 Å². The van der Waals surface area contributed by atoms with E-state index in [1.54, 1.807) is 20.8 Å². The summed E-state index contributed by atoms with van der Waals surface area (Å²) in [6.07, 6.45) is -0.116. The zero-order valence-electron chi connectivity index (χ0n) is 12.2. The van der Waals surface area contributed by atoms with Crippen LogP contribution in [0, 0.1) is 17.2 Å². The number of hydrogen-bond acceptors (Lipinski definition) is 2. The van der Waals surface area contributed by atoms with Crippen molar-refractivity contribution in [3.63, 3.8) is 0 Å². The molecule has 0 aromatic heterocycles. The van der Waals surface area contributed by atoms with Gasteiger partial charge in [0.15, 0.2) is 0 Å². The zero-order chi connectivity index (χ0) is 16.2. The van der Waals surface area contributed by atoms with E-state index in [-0.39, 0.29) is 29.8 Å². The van der Waals surface area contributed by atoms with Gasteiger partial charge in [-0.15, -0.1) is 0 Å². The smallest absolute Gasteiger partial charge is 0.310 e. The van der Waals surface area contributed by atoms with Gasteiger partial charge in [-0.05, 0) is 30.5 Å². The van der Waals surface area contributed by atoms with Crippen molar-refractivity contribution in [2.45, 2.75) is 33.7 Å². The molecule has 1 aromatic rings. The van der Waals surface area contributed by atoms with Gasteiger partial charge in [0.2, 0.25) is 5.91 Å². The highest BCUT2D eigenvalue weighted by Crippen LogP contribution is 2.31. The van der Waals surface area contributed by atoms with Gasteiger partial charge in [-0.25, -0.2) is 4.39 Å². The second-order valence-electron chi connectivity index (χ2n) is 5.58. The molecule has 1 amide bonds. The maximum absolute atomic E-state index is 13.0. The number of aliphatic carboxylic acids is 1. The summed E-state index contributed by atoms with van der Waals surface area (Å²) in [6.45, 7) is 5.25. The molecule has 0 aliphatic heterocycles. The number of carboxylic acids is 1. The fraction of sp³-hybridized carbons (Fsp3) is 0.467. The van der Waals surface area contributed by atoms with Crippen molar-refractivity contribution >= 4 is 23.5 Å². The summed E-state index contributed by atoms with van der Waals surface area (Å²) >= 11 is 5.65. The first kappa shape index (κ1) is 17.4. The number of carbonyl (C=O) groups is 2. The number of hydrogen-bond donors (Lipinski definition) is 2. The summed E-state index contributed by atoms with van der Waals surface area (Å²) in [6, 6.07) is 4.16. The molecule has 4 nitrogen and oxygen atoms in total. The fourth-order valence-corrected chi connectivity index (χ4v) is 1.98.